The minimum absolute atomic E-state index is 0.345. The lowest BCUT2D eigenvalue weighted by Crippen LogP contribution is -2.34. The van der Waals surface area contributed by atoms with Crippen molar-refractivity contribution in [3.63, 3.8) is 0 Å². The zero-order valence-corrected chi connectivity index (χ0v) is 12.5. The first kappa shape index (κ1) is 14.7. The maximum atomic E-state index is 11.1. The van der Waals surface area contributed by atoms with Crippen molar-refractivity contribution in [3.05, 3.63) is 47.1 Å². The van der Waals surface area contributed by atoms with Gasteiger partial charge in [0.1, 0.15) is 0 Å². The highest BCUT2D eigenvalue weighted by molar-refractivity contribution is 5.87. The fraction of sp³-hybridized carbons (Fsp3) is 0.438. The Morgan fingerprint density at radius 1 is 1.50 bits per heavy atom. The first-order valence-corrected chi connectivity index (χ1v) is 7.46. The zero-order valence-electron chi connectivity index (χ0n) is 12.5. The van der Waals surface area contributed by atoms with Gasteiger partial charge in [-0.15, -0.1) is 0 Å². The Kier molecular flexibility index (Phi) is 4.20. The van der Waals surface area contributed by atoms with Crippen molar-refractivity contribution in [2.24, 2.45) is 0 Å². The summed E-state index contributed by atoms with van der Waals surface area (Å²) in [6.07, 6.45) is 2.15. The van der Waals surface area contributed by atoms with Gasteiger partial charge in [-0.05, 0) is 49.9 Å². The summed E-state index contributed by atoms with van der Waals surface area (Å²) in [5.41, 5.74) is 1.44. The molecule has 1 atom stereocenters. The van der Waals surface area contributed by atoms with Crippen molar-refractivity contribution < 1.29 is 14.4 Å². The van der Waals surface area contributed by atoms with Crippen molar-refractivity contribution in [1.29, 1.82) is 0 Å². The van der Waals surface area contributed by atoms with E-state index in [1.807, 2.05) is 19.1 Å². The predicted molar refractivity (Wildman–Crippen MR) is 79.7 cm³/mol. The van der Waals surface area contributed by atoms with E-state index in [0.717, 1.165) is 31.5 Å². The van der Waals surface area contributed by atoms with Crippen LogP contribution in [0.3, 0.4) is 0 Å². The highest BCUT2D eigenvalue weighted by atomic mass is 16.5. The van der Waals surface area contributed by atoms with E-state index in [0.29, 0.717) is 29.7 Å². The van der Waals surface area contributed by atoms with Crippen molar-refractivity contribution in [3.8, 4) is 0 Å². The van der Waals surface area contributed by atoms with Gasteiger partial charge in [0.25, 0.3) is 0 Å². The third-order valence-electron chi connectivity index (χ3n) is 4.04. The monoisotopic (exact) mass is 301 g/mol. The average molecular weight is 301 g/mol. The van der Waals surface area contributed by atoms with Crippen molar-refractivity contribution >= 4 is 5.97 Å². The lowest BCUT2D eigenvalue weighted by atomic mass is 9.89. The Morgan fingerprint density at radius 2 is 2.36 bits per heavy atom. The lowest BCUT2D eigenvalue weighted by Gasteiger charge is -2.32. The molecule has 116 valence electrons. The molecule has 1 saturated heterocycles. The smallest absolute Gasteiger partial charge is 0.335 e. The Morgan fingerprint density at radius 3 is 3.09 bits per heavy atom. The van der Waals surface area contributed by atoms with Crippen molar-refractivity contribution in [2.75, 3.05) is 13.1 Å². The van der Waals surface area contributed by atoms with Crippen LogP contribution in [0.1, 0.15) is 46.4 Å². The summed E-state index contributed by atoms with van der Waals surface area (Å²) in [6.45, 7) is 4.33. The van der Waals surface area contributed by atoms with Crippen LogP contribution >= 0.6 is 0 Å². The van der Waals surface area contributed by atoms with Crippen LogP contribution in [-0.2, 0) is 6.54 Å². The van der Waals surface area contributed by atoms with Gasteiger partial charge in [0.2, 0.25) is 5.89 Å². The van der Waals surface area contributed by atoms with E-state index >= 15 is 0 Å². The SMILES string of the molecule is Cc1noc(CN2CCC[C@H](c3cccc(C(=O)O)c3)C2)n1. The molecule has 22 heavy (non-hydrogen) atoms. The lowest BCUT2D eigenvalue weighted by molar-refractivity contribution is 0.0696. The topological polar surface area (TPSA) is 79.5 Å². The second kappa shape index (κ2) is 6.27. The number of carboxylic acids is 1. The van der Waals surface area contributed by atoms with Gasteiger partial charge in [-0.25, -0.2) is 4.79 Å². The molecule has 3 rings (SSSR count). The third kappa shape index (κ3) is 3.33. The minimum Gasteiger partial charge on any atom is -0.478 e. The minimum atomic E-state index is -0.879. The van der Waals surface area contributed by atoms with Gasteiger partial charge in [-0.1, -0.05) is 17.3 Å². The van der Waals surface area contributed by atoms with Gasteiger partial charge in [-0.3, -0.25) is 4.90 Å². The van der Waals surface area contributed by atoms with Gasteiger partial charge in [0, 0.05) is 6.54 Å². The Bertz CT molecular complexity index is 668. The zero-order chi connectivity index (χ0) is 15.5. The highest BCUT2D eigenvalue weighted by Gasteiger charge is 2.23. The summed E-state index contributed by atoms with van der Waals surface area (Å²) in [6, 6.07) is 7.25. The van der Waals surface area contributed by atoms with Gasteiger partial charge >= 0.3 is 5.97 Å². The number of likely N-dealkylation sites (tertiary alicyclic amines) is 1. The molecule has 1 aromatic carbocycles. The van der Waals surface area contributed by atoms with Crippen LogP contribution in [0.5, 0.6) is 0 Å². The molecular formula is C16H19N3O3. The van der Waals surface area contributed by atoms with Gasteiger partial charge in [-0.2, -0.15) is 4.98 Å². The molecule has 1 N–H and O–H groups in total. The number of aromatic nitrogens is 2. The molecule has 0 aliphatic carbocycles. The summed E-state index contributed by atoms with van der Waals surface area (Å²) >= 11 is 0. The van der Waals surface area contributed by atoms with E-state index < -0.39 is 5.97 Å². The molecule has 1 aliphatic rings. The van der Waals surface area contributed by atoms with Crippen molar-refractivity contribution in [2.45, 2.75) is 32.2 Å². The fourth-order valence-electron chi connectivity index (χ4n) is 2.99. The molecule has 0 radical (unpaired) electrons. The van der Waals surface area contributed by atoms with Gasteiger partial charge in [0.15, 0.2) is 5.82 Å². The number of benzene rings is 1. The maximum Gasteiger partial charge on any atom is 0.335 e. The van der Waals surface area contributed by atoms with E-state index in [1.54, 1.807) is 12.1 Å². The summed E-state index contributed by atoms with van der Waals surface area (Å²) in [5, 5.41) is 12.9. The standard InChI is InChI=1S/C16H19N3O3/c1-11-17-15(22-18-11)10-19-7-3-6-14(9-19)12-4-2-5-13(8-12)16(20)21/h2,4-5,8,14H,3,6-7,9-10H2,1H3,(H,20,21)/t14-/m0/s1. The van der Waals surface area contributed by atoms with Crippen LogP contribution in [0.15, 0.2) is 28.8 Å². The molecule has 1 fully saturated rings. The number of aromatic carboxylic acids is 1. The van der Waals surface area contributed by atoms with E-state index in [-0.39, 0.29) is 0 Å². The number of carbonyl (C=O) groups is 1. The average Bonchev–Trinajstić information content (AvgIpc) is 2.93. The number of piperidine rings is 1. The number of hydrogen-bond donors (Lipinski definition) is 1. The van der Waals surface area contributed by atoms with E-state index in [1.165, 1.54) is 0 Å². The molecule has 0 spiro atoms. The summed E-state index contributed by atoms with van der Waals surface area (Å²) in [7, 11) is 0. The normalized spacial score (nSPS) is 19.2. The summed E-state index contributed by atoms with van der Waals surface area (Å²) < 4.78 is 5.18. The van der Waals surface area contributed by atoms with E-state index in [9.17, 15) is 4.79 Å². The maximum absolute atomic E-state index is 11.1. The van der Waals surface area contributed by atoms with E-state index in [2.05, 4.69) is 15.0 Å². The number of hydrogen-bond acceptors (Lipinski definition) is 5. The molecule has 6 nitrogen and oxygen atoms in total. The number of rotatable bonds is 4. The number of nitrogens with zero attached hydrogens (tertiary/aromatic N) is 3. The van der Waals surface area contributed by atoms with Crippen molar-refractivity contribution in [1.82, 2.24) is 15.0 Å². The van der Waals surface area contributed by atoms with Crippen LogP contribution in [0.2, 0.25) is 0 Å². The molecule has 0 saturated carbocycles. The van der Waals surface area contributed by atoms with Crippen LogP contribution in [-0.4, -0.2) is 39.2 Å². The first-order valence-electron chi connectivity index (χ1n) is 7.46. The largest absolute Gasteiger partial charge is 0.478 e. The molecule has 0 unspecified atom stereocenters. The summed E-state index contributed by atoms with van der Waals surface area (Å²) in [4.78, 5) is 17.6. The van der Waals surface area contributed by atoms with Crippen LogP contribution in [0.4, 0.5) is 0 Å². The van der Waals surface area contributed by atoms with Gasteiger partial charge < -0.3 is 9.63 Å². The number of carboxylic acid groups (broad SMARTS) is 1. The third-order valence-corrected chi connectivity index (χ3v) is 4.04. The highest BCUT2D eigenvalue weighted by Crippen LogP contribution is 2.28. The van der Waals surface area contributed by atoms with Crippen LogP contribution < -0.4 is 0 Å². The second-order valence-corrected chi connectivity index (χ2v) is 5.74. The Balaban J connectivity index is 1.70. The first-order chi connectivity index (χ1) is 10.6. The molecule has 1 aliphatic heterocycles. The molecule has 6 heteroatoms. The quantitative estimate of drug-likeness (QED) is 0.934. The van der Waals surface area contributed by atoms with Crippen LogP contribution in [0, 0.1) is 6.92 Å². The molecular weight excluding hydrogens is 282 g/mol. The molecule has 0 amide bonds. The molecule has 1 aromatic heterocycles. The number of aryl methyl sites for hydroxylation is 1. The van der Waals surface area contributed by atoms with E-state index in [4.69, 9.17) is 9.63 Å². The summed E-state index contributed by atoms with van der Waals surface area (Å²) in [5.74, 6) is 0.753. The molecule has 2 aromatic rings. The van der Waals surface area contributed by atoms with Crippen LogP contribution in [0.25, 0.3) is 0 Å². The molecule has 2 heterocycles. The predicted octanol–water partition coefficient (Wildman–Crippen LogP) is 2.46. The van der Waals surface area contributed by atoms with Gasteiger partial charge in [0.05, 0.1) is 12.1 Å². The molecule has 0 bridgehead atoms. The second-order valence-electron chi connectivity index (χ2n) is 5.74. The Hall–Kier alpha value is -2.21. The fourth-order valence-corrected chi connectivity index (χ4v) is 2.99. The Labute approximate surface area is 128 Å².